The van der Waals surface area contributed by atoms with Gasteiger partial charge in [-0.3, -0.25) is 0 Å². The number of nitrogens with zero attached hydrogens (tertiary/aromatic N) is 1. The van der Waals surface area contributed by atoms with Gasteiger partial charge in [0.1, 0.15) is 0 Å². The maximum Gasteiger partial charge on any atom is 0.0614 e. The highest BCUT2D eigenvalue weighted by Crippen LogP contribution is 2.36. The van der Waals surface area contributed by atoms with Gasteiger partial charge in [0.25, 0.3) is 0 Å². The molecule has 1 aliphatic rings. The molecular weight excluding hydrogens is 591 g/mol. The molecule has 0 amide bonds. The van der Waals surface area contributed by atoms with Gasteiger partial charge in [-0.1, -0.05) is 149 Å². The molecule has 1 heteroatoms. The molecule has 1 nitrogen and oxygen atoms in total. The highest BCUT2D eigenvalue weighted by atomic mass is 14.9. The molecule has 6 rings (SSSR count). The summed E-state index contributed by atoms with van der Waals surface area (Å²) in [6.45, 7) is 19.9. The minimum absolute atomic E-state index is 0.446. The first-order valence-electron chi connectivity index (χ1n) is 17.7. The maximum atomic E-state index is 4.47. The van der Waals surface area contributed by atoms with Crippen molar-refractivity contribution in [3.05, 3.63) is 166 Å². The van der Waals surface area contributed by atoms with Crippen molar-refractivity contribution < 1.29 is 0 Å². The van der Waals surface area contributed by atoms with Gasteiger partial charge in [-0.15, -0.1) is 0 Å². The number of aryl methyl sites for hydroxylation is 1. The lowest BCUT2D eigenvalue weighted by Crippen LogP contribution is -2.26. The van der Waals surface area contributed by atoms with Gasteiger partial charge >= 0.3 is 0 Å². The third-order valence-electron chi connectivity index (χ3n) is 9.64. The summed E-state index contributed by atoms with van der Waals surface area (Å²) in [4.78, 5) is 0. The average Bonchev–Trinajstić information content (AvgIpc) is 3.61. The lowest BCUT2D eigenvalue weighted by Gasteiger charge is -2.12. The predicted molar refractivity (Wildman–Crippen MR) is 216 cm³/mol. The van der Waals surface area contributed by atoms with Gasteiger partial charge < -0.3 is 4.40 Å². The predicted octanol–water partition coefficient (Wildman–Crippen LogP) is 12.0. The zero-order chi connectivity index (χ0) is 34.7. The molecule has 0 saturated heterocycles. The summed E-state index contributed by atoms with van der Waals surface area (Å²) < 4.78 is 2.44. The molecule has 49 heavy (non-hydrogen) atoms. The standard InChI is InChI=1S/C48H49N/c1-9-34(6)26-39(33(4)5)18-13-14-20-42-30-41-29-40(43-25-23-35(7)27-45(43)38-16-11-10-12-17-38)31-46-44-21-15-19-37(32(2)3)24-22-36(8)28-47(44)49(42)48(41)46/h9-14,16-33H,8,15H2,1-7H3/b18-13-,20-14+,24-22-,34-9+,37-19+,39-26+,44-21-,47-28+. The van der Waals surface area contributed by atoms with Crippen LogP contribution in [0.3, 0.4) is 0 Å². The normalized spacial score (nSPS) is 17.9. The number of hydrogen-bond donors (Lipinski definition) is 0. The Labute approximate surface area is 293 Å². The van der Waals surface area contributed by atoms with E-state index in [1.54, 1.807) is 0 Å². The van der Waals surface area contributed by atoms with Crippen LogP contribution in [0.4, 0.5) is 0 Å². The molecule has 0 spiro atoms. The molecule has 2 aromatic heterocycles. The van der Waals surface area contributed by atoms with Crippen LogP contribution in [0.15, 0.2) is 144 Å². The third-order valence-corrected chi connectivity index (χ3v) is 9.64. The van der Waals surface area contributed by atoms with E-state index in [4.69, 9.17) is 0 Å². The molecular formula is C48H49N. The summed E-state index contributed by atoms with van der Waals surface area (Å²) in [6.07, 6.45) is 25.6. The Morgan fingerprint density at radius 2 is 1.65 bits per heavy atom. The van der Waals surface area contributed by atoms with Gasteiger partial charge in [-0.05, 0) is 108 Å². The number of aromatic nitrogens is 1. The number of rotatable bonds is 8. The summed E-state index contributed by atoms with van der Waals surface area (Å²) >= 11 is 0. The van der Waals surface area contributed by atoms with Crippen LogP contribution in [0.25, 0.3) is 56.8 Å². The highest BCUT2D eigenvalue weighted by Gasteiger charge is 2.17. The largest absolute Gasteiger partial charge is 0.309 e. The Hall–Kier alpha value is -5.14. The minimum atomic E-state index is 0.446. The summed E-state index contributed by atoms with van der Waals surface area (Å²) in [6, 6.07) is 24.7. The molecule has 0 unspecified atom stereocenters. The Morgan fingerprint density at radius 1 is 0.857 bits per heavy atom. The lowest BCUT2D eigenvalue weighted by atomic mass is 9.92. The molecule has 0 radical (unpaired) electrons. The topological polar surface area (TPSA) is 4.41 Å². The SMILES string of the molecule is C=C1/C=C\C(C(C)C)=C/C/C=c2\c(n3c(/C=C/C=C\C(=C/C(C)=C/C)C(C)C)cc4cc(-c5ccc(C)cc5-c5ccccc5)cc2c43)=C/1. The van der Waals surface area contributed by atoms with Crippen molar-refractivity contribution in [2.45, 2.75) is 54.9 Å². The van der Waals surface area contributed by atoms with Gasteiger partial charge in [0.2, 0.25) is 0 Å². The van der Waals surface area contributed by atoms with E-state index < -0.39 is 0 Å². The monoisotopic (exact) mass is 639 g/mol. The van der Waals surface area contributed by atoms with Gasteiger partial charge in [0.15, 0.2) is 0 Å². The zero-order valence-electron chi connectivity index (χ0n) is 30.2. The number of fused-ring (bicyclic) bond motifs is 3. The zero-order valence-corrected chi connectivity index (χ0v) is 30.2. The van der Waals surface area contributed by atoms with E-state index in [1.807, 2.05) is 0 Å². The molecule has 246 valence electrons. The van der Waals surface area contributed by atoms with Crippen molar-refractivity contribution in [3.63, 3.8) is 0 Å². The number of allylic oxidation sites excluding steroid dienone is 12. The number of benzene rings is 3. The molecule has 0 fully saturated rings. The first-order chi connectivity index (χ1) is 23.6. The van der Waals surface area contributed by atoms with Gasteiger partial charge in [-0.2, -0.15) is 0 Å². The van der Waals surface area contributed by atoms with E-state index in [-0.39, 0.29) is 0 Å². The Balaban J connectivity index is 1.60. The smallest absolute Gasteiger partial charge is 0.0614 e. The van der Waals surface area contributed by atoms with Crippen molar-refractivity contribution in [1.29, 1.82) is 0 Å². The molecule has 0 aliphatic heterocycles. The molecule has 3 aromatic carbocycles. The highest BCUT2D eigenvalue weighted by molar-refractivity contribution is 6.04. The fraction of sp³-hybridized carbons (Fsp3) is 0.208. The first-order valence-corrected chi connectivity index (χ1v) is 17.7. The van der Waals surface area contributed by atoms with E-state index in [9.17, 15) is 0 Å². The van der Waals surface area contributed by atoms with Crippen molar-refractivity contribution in [1.82, 2.24) is 4.40 Å². The van der Waals surface area contributed by atoms with Crippen molar-refractivity contribution >= 4 is 34.5 Å². The number of hydrogen-bond acceptors (Lipinski definition) is 0. The average molecular weight is 640 g/mol. The van der Waals surface area contributed by atoms with Crippen LogP contribution in [-0.2, 0) is 0 Å². The van der Waals surface area contributed by atoms with Crippen LogP contribution < -0.4 is 10.6 Å². The molecule has 5 aromatic rings. The van der Waals surface area contributed by atoms with Crippen LogP contribution in [0, 0.1) is 18.8 Å². The summed E-state index contributed by atoms with van der Waals surface area (Å²) in [5.41, 5.74) is 13.6. The Morgan fingerprint density at radius 3 is 2.39 bits per heavy atom. The van der Waals surface area contributed by atoms with Gasteiger partial charge in [-0.25, -0.2) is 0 Å². The molecule has 0 bridgehead atoms. The van der Waals surface area contributed by atoms with Crippen molar-refractivity contribution in [3.8, 4) is 22.3 Å². The summed E-state index contributed by atoms with van der Waals surface area (Å²) in [5, 5.41) is 4.97. The lowest BCUT2D eigenvalue weighted by molar-refractivity contribution is 0.788. The molecule has 0 saturated carbocycles. The van der Waals surface area contributed by atoms with E-state index in [2.05, 4.69) is 193 Å². The second kappa shape index (κ2) is 14.5. The van der Waals surface area contributed by atoms with Crippen molar-refractivity contribution in [2.24, 2.45) is 11.8 Å². The van der Waals surface area contributed by atoms with Crippen molar-refractivity contribution in [2.75, 3.05) is 0 Å². The fourth-order valence-corrected chi connectivity index (χ4v) is 6.80. The van der Waals surface area contributed by atoms with E-state index in [0.717, 1.165) is 17.7 Å². The first kappa shape index (κ1) is 33.7. The van der Waals surface area contributed by atoms with E-state index >= 15 is 0 Å². The second-order valence-corrected chi connectivity index (χ2v) is 14.0. The molecule has 0 atom stereocenters. The molecule has 2 heterocycles. The summed E-state index contributed by atoms with van der Waals surface area (Å²) in [7, 11) is 0. The Bertz CT molecular complexity index is 2320. The Kier molecular flexibility index (Phi) is 10.0. The molecule has 0 N–H and O–H groups in total. The third kappa shape index (κ3) is 7.18. The van der Waals surface area contributed by atoms with Crippen LogP contribution >= 0.6 is 0 Å². The maximum absolute atomic E-state index is 4.47. The molecule has 1 aliphatic carbocycles. The fourth-order valence-electron chi connectivity index (χ4n) is 6.80. The quantitative estimate of drug-likeness (QED) is 0.149. The van der Waals surface area contributed by atoms with Crippen LogP contribution in [-0.4, -0.2) is 4.40 Å². The summed E-state index contributed by atoms with van der Waals surface area (Å²) in [5.74, 6) is 0.898. The van der Waals surface area contributed by atoms with Gasteiger partial charge in [0, 0.05) is 21.7 Å². The van der Waals surface area contributed by atoms with Crippen LogP contribution in [0.5, 0.6) is 0 Å². The van der Waals surface area contributed by atoms with Crippen LogP contribution in [0.2, 0.25) is 0 Å². The minimum Gasteiger partial charge on any atom is -0.309 e. The van der Waals surface area contributed by atoms with E-state index in [1.165, 1.54) is 71.4 Å². The van der Waals surface area contributed by atoms with Crippen LogP contribution in [0.1, 0.15) is 59.2 Å². The van der Waals surface area contributed by atoms with Gasteiger partial charge in [0.05, 0.1) is 10.9 Å². The van der Waals surface area contributed by atoms with E-state index in [0.29, 0.717) is 11.8 Å². The second-order valence-electron chi connectivity index (χ2n) is 14.0.